The van der Waals surface area contributed by atoms with E-state index in [4.69, 9.17) is 14.2 Å². The van der Waals surface area contributed by atoms with Gasteiger partial charge in [-0.15, -0.1) is 0 Å². The molecule has 9 heteroatoms. The molecule has 0 aliphatic carbocycles. The summed E-state index contributed by atoms with van der Waals surface area (Å²) in [5.74, 6) is 1.72. The lowest BCUT2D eigenvalue weighted by molar-refractivity contribution is 0.326. The molecule has 0 radical (unpaired) electrons. The van der Waals surface area contributed by atoms with Crippen molar-refractivity contribution in [3.8, 4) is 17.2 Å². The quantitative estimate of drug-likeness (QED) is 0.528. The lowest BCUT2D eigenvalue weighted by Gasteiger charge is -2.14. The zero-order valence-electron chi connectivity index (χ0n) is 15.0. The van der Waals surface area contributed by atoms with Crippen LogP contribution in [0.15, 0.2) is 41.8 Å². The van der Waals surface area contributed by atoms with Gasteiger partial charge in [0, 0.05) is 18.6 Å². The van der Waals surface area contributed by atoms with Crippen molar-refractivity contribution >= 4 is 16.7 Å². The monoisotopic (exact) mass is 367 g/mol. The van der Waals surface area contributed by atoms with Crippen molar-refractivity contribution in [1.82, 2.24) is 23.9 Å². The lowest BCUT2D eigenvalue weighted by atomic mass is 10.2. The summed E-state index contributed by atoms with van der Waals surface area (Å²) in [6.45, 7) is 0.266. The molecule has 3 aromatic heterocycles. The van der Waals surface area contributed by atoms with Gasteiger partial charge in [-0.2, -0.15) is 0 Å². The molecule has 0 unspecified atom stereocenters. The number of rotatable bonds is 5. The Morgan fingerprint density at radius 1 is 1.07 bits per heavy atom. The minimum Gasteiger partial charge on any atom is -0.493 e. The maximum atomic E-state index is 13.0. The van der Waals surface area contributed by atoms with Gasteiger partial charge >= 0.3 is 0 Å². The maximum Gasteiger partial charge on any atom is 0.261 e. The Kier molecular flexibility index (Phi) is 4.11. The highest BCUT2D eigenvalue weighted by Gasteiger charge is 2.19. The van der Waals surface area contributed by atoms with Crippen molar-refractivity contribution in [2.75, 3.05) is 21.3 Å². The molecule has 0 aliphatic heterocycles. The van der Waals surface area contributed by atoms with E-state index in [0.29, 0.717) is 39.6 Å². The second-order valence-electron chi connectivity index (χ2n) is 5.78. The summed E-state index contributed by atoms with van der Waals surface area (Å²) in [6.07, 6.45) is 6.81. The second-order valence-corrected chi connectivity index (χ2v) is 5.78. The van der Waals surface area contributed by atoms with Crippen molar-refractivity contribution in [2.24, 2.45) is 0 Å². The smallest absolute Gasteiger partial charge is 0.261 e. The van der Waals surface area contributed by atoms with Crippen LogP contribution in [0.1, 0.15) is 5.69 Å². The molecule has 0 bridgehead atoms. The fourth-order valence-electron chi connectivity index (χ4n) is 3.01. The van der Waals surface area contributed by atoms with Gasteiger partial charge in [0.25, 0.3) is 5.56 Å². The Morgan fingerprint density at radius 3 is 2.59 bits per heavy atom. The summed E-state index contributed by atoms with van der Waals surface area (Å²) in [4.78, 5) is 26.0. The third kappa shape index (κ3) is 2.73. The summed E-state index contributed by atoms with van der Waals surface area (Å²) in [5.41, 5.74) is 0.877. The van der Waals surface area contributed by atoms with Crippen LogP contribution >= 0.6 is 0 Å². The van der Waals surface area contributed by atoms with Crippen LogP contribution < -0.4 is 19.8 Å². The third-order valence-corrected chi connectivity index (χ3v) is 4.24. The lowest BCUT2D eigenvalue weighted by Crippen LogP contribution is -2.21. The number of ether oxygens (including phenoxy) is 3. The summed E-state index contributed by atoms with van der Waals surface area (Å²) in [5, 5.41) is 0.369. The van der Waals surface area contributed by atoms with Crippen LogP contribution in [0, 0.1) is 0 Å². The van der Waals surface area contributed by atoms with E-state index >= 15 is 0 Å². The molecule has 0 atom stereocenters. The molecule has 0 saturated heterocycles. The van der Waals surface area contributed by atoms with Crippen LogP contribution in [-0.4, -0.2) is 45.2 Å². The summed E-state index contributed by atoms with van der Waals surface area (Å²) >= 11 is 0. The van der Waals surface area contributed by atoms with Crippen LogP contribution in [0.4, 0.5) is 0 Å². The van der Waals surface area contributed by atoms with Crippen molar-refractivity contribution in [3.05, 3.63) is 53.1 Å². The average Bonchev–Trinajstić information content (AvgIpc) is 3.11. The highest BCUT2D eigenvalue weighted by atomic mass is 16.5. The molecule has 0 amide bonds. The Morgan fingerprint density at radius 2 is 1.89 bits per heavy atom. The van der Waals surface area contributed by atoms with Crippen LogP contribution in [0.3, 0.4) is 0 Å². The van der Waals surface area contributed by atoms with Crippen molar-refractivity contribution < 1.29 is 14.2 Å². The van der Waals surface area contributed by atoms with E-state index in [2.05, 4.69) is 15.0 Å². The van der Waals surface area contributed by atoms with Gasteiger partial charge in [0.2, 0.25) is 11.5 Å². The molecule has 27 heavy (non-hydrogen) atoms. The van der Waals surface area contributed by atoms with Crippen LogP contribution in [0.2, 0.25) is 0 Å². The number of methoxy groups -OCH3 is 3. The molecular weight excluding hydrogens is 350 g/mol. The molecule has 138 valence electrons. The van der Waals surface area contributed by atoms with Crippen molar-refractivity contribution in [2.45, 2.75) is 6.54 Å². The first kappa shape index (κ1) is 16.8. The Labute approximate surface area is 153 Å². The average molecular weight is 367 g/mol. The third-order valence-electron chi connectivity index (χ3n) is 4.24. The van der Waals surface area contributed by atoms with E-state index < -0.39 is 0 Å². The van der Waals surface area contributed by atoms with E-state index in [-0.39, 0.29) is 12.1 Å². The van der Waals surface area contributed by atoms with Gasteiger partial charge in [0.05, 0.1) is 45.3 Å². The second kappa shape index (κ2) is 6.60. The molecule has 0 N–H and O–H groups in total. The van der Waals surface area contributed by atoms with Gasteiger partial charge in [-0.3, -0.25) is 13.8 Å². The fraction of sp³-hybridized carbons (Fsp3) is 0.222. The number of hydrogen-bond acceptors (Lipinski definition) is 7. The SMILES string of the molecule is COc1cc2c(=O)n(Cc3cn4cccnc4n3)cnc2c(OC)c1OC. The van der Waals surface area contributed by atoms with Gasteiger partial charge in [-0.1, -0.05) is 0 Å². The standard InChI is InChI=1S/C18H17N5O4/c1-25-13-7-12-14(16(27-3)15(13)26-2)20-10-23(17(12)24)9-11-8-22-6-4-5-19-18(22)21-11/h4-8,10H,9H2,1-3H3. The summed E-state index contributed by atoms with van der Waals surface area (Å²) in [7, 11) is 4.50. The molecule has 3 heterocycles. The zero-order valence-corrected chi connectivity index (χ0v) is 15.0. The van der Waals surface area contributed by atoms with E-state index in [1.807, 2.05) is 18.5 Å². The van der Waals surface area contributed by atoms with E-state index in [1.54, 1.807) is 16.7 Å². The molecule has 0 saturated carbocycles. The van der Waals surface area contributed by atoms with Crippen LogP contribution in [0.25, 0.3) is 16.7 Å². The van der Waals surface area contributed by atoms with Crippen molar-refractivity contribution in [1.29, 1.82) is 0 Å². The molecule has 1 aromatic carbocycles. The number of imidazole rings is 1. The van der Waals surface area contributed by atoms with Gasteiger partial charge in [0.1, 0.15) is 5.52 Å². The number of fused-ring (bicyclic) bond motifs is 2. The number of nitrogens with zero attached hydrogens (tertiary/aromatic N) is 5. The fourth-order valence-corrected chi connectivity index (χ4v) is 3.01. The van der Waals surface area contributed by atoms with Gasteiger partial charge in [-0.05, 0) is 12.1 Å². The molecule has 0 fully saturated rings. The van der Waals surface area contributed by atoms with Crippen LogP contribution in [-0.2, 0) is 6.54 Å². The first-order chi connectivity index (χ1) is 13.2. The molecular formula is C18H17N5O4. The summed E-state index contributed by atoms with van der Waals surface area (Å²) in [6, 6.07) is 3.42. The summed E-state index contributed by atoms with van der Waals surface area (Å²) < 4.78 is 19.4. The molecule has 9 nitrogen and oxygen atoms in total. The minimum absolute atomic E-state index is 0.232. The number of aromatic nitrogens is 5. The van der Waals surface area contributed by atoms with Gasteiger partial charge in [-0.25, -0.2) is 15.0 Å². The van der Waals surface area contributed by atoms with E-state index in [1.165, 1.54) is 32.2 Å². The topological polar surface area (TPSA) is 92.8 Å². The predicted octanol–water partition coefficient (Wildman–Crippen LogP) is 1.51. The Balaban J connectivity index is 1.85. The van der Waals surface area contributed by atoms with Crippen LogP contribution in [0.5, 0.6) is 17.2 Å². The Hall–Kier alpha value is -3.62. The predicted molar refractivity (Wildman–Crippen MR) is 97.7 cm³/mol. The highest BCUT2D eigenvalue weighted by molar-refractivity contribution is 5.89. The minimum atomic E-state index is -0.232. The first-order valence-corrected chi connectivity index (χ1v) is 8.13. The molecule has 0 spiro atoms. The number of hydrogen-bond donors (Lipinski definition) is 0. The zero-order chi connectivity index (χ0) is 19.0. The van der Waals surface area contributed by atoms with Gasteiger partial charge < -0.3 is 14.2 Å². The largest absolute Gasteiger partial charge is 0.493 e. The van der Waals surface area contributed by atoms with E-state index in [0.717, 1.165) is 0 Å². The van der Waals surface area contributed by atoms with Gasteiger partial charge in [0.15, 0.2) is 11.5 Å². The maximum absolute atomic E-state index is 13.0. The Bertz CT molecular complexity index is 1160. The number of benzene rings is 1. The molecule has 4 aromatic rings. The van der Waals surface area contributed by atoms with E-state index in [9.17, 15) is 4.79 Å². The molecule has 4 rings (SSSR count). The highest BCUT2D eigenvalue weighted by Crippen LogP contribution is 2.41. The first-order valence-electron chi connectivity index (χ1n) is 8.13. The van der Waals surface area contributed by atoms with Crippen molar-refractivity contribution in [3.63, 3.8) is 0 Å². The normalized spacial score (nSPS) is 11.1. The molecule has 0 aliphatic rings.